The first-order valence-corrected chi connectivity index (χ1v) is 7.29. The predicted octanol–water partition coefficient (Wildman–Crippen LogP) is 3.51. The summed E-state index contributed by atoms with van der Waals surface area (Å²) < 4.78 is 5.30. The number of pyridine rings is 1. The Bertz CT molecular complexity index is 685. The van der Waals surface area contributed by atoms with Crippen LogP contribution in [0, 0.1) is 27.7 Å². The third kappa shape index (κ3) is 3.64. The van der Waals surface area contributed by atoms with Crippen LogP contribution in [0.1, 0.15) is 28.1 Å². The number of aryl methyl sites for hydroxylation is 4. The zero-order chi connectivity index (χ0) is 16.3. The van der Waals surface area contributed by atoms with Crippen LogP contribution >= 0.6 is 0 Å². The van der Waals surface area contributed by atoms with Gasteiger partial charge in [-0.05, 0) is 56.5 Å². The fraction of sp³-hybridized carbons (Fsp3) is 0.333. The topological polar surface area (TPSA) is 51.2 Å². The molecule has 0 saturated heterocycles. The summed E-state index contributed by atoms with van der Waals surface area (Å²) in [4.78, 5) is 16.7. The molecule has 1 N–H and O–H groups in total. The molecule has 2 aromatic rings. The molecule has 4 heteroatoms. The molecular formula is C18H22N2O2. The maximum Gasteiger partial charge on any atom is 0.228 e. The summed E-state index contributed by atoms with van der Waals surface area (Å²) in [7, 11) is 1.64. The number of benzene rings is 1. The Morgan fingerprint density at radius 1 is 1.14 bits per heavy atom. The Hall–Kier alpha value is -2.36. The summed E-state index contributed by atoms with van der Waals surface area (Å²) >= 11 is 0. The maximum atomic E-state index is 12.3. The summed E-state index contributed by atoms with van der Waals surface area (Å²) in [6, 6.07) is 7.79. The first-order valence-electron chi connectivity index (χ1n) is 7.29. The van der Waals surface area contributed by atoms with Gasteiger partial charge in [0.1, 0.15) is 5.75 Å². The highest BCUT2D eigenvalue weighted by Crippen LogP contribution is 2.21. The number of nitrogens with one attached hydrogen (secondary N) is 1. The van der Waals surface area contributed by atoms with Gasteiger partial charge in [-0.25, -0.2) is 0 Å². The average molecular weight is 298 g/mol. The van der Waals surface area contributed by atoms with Crippen molar-refractivity contribution in [2.24, 2.45) is 0 Å². The molecule has 0 fully saturated rings. The summed E-state index contributed by atoms with van der Waals surface area (Å²) in [6.07, 6.45) is 0.309. The second-order valence-electron chi connectivity index (χ2n) is 5.57. The molecule has 1 aromatic carbocycles. The first kappa shape index (κ1) is 16.0. The van der Waals surface area contributed by atoms with Crippen molar-refractivity contribution in [1.82, 2.24) is 4.98 Å². The zero-order valence-electron chi connectivity index (χ0n) is 13.8. The number of amides is 1. The van der Waals surface area contributed by atoms with E-state index in [-0.39, 0.29) is 5.91 Å². The van der Waals surface area contributed by atoms with Crippen molar-refractivity contribution >= 4 is 11.6 Å². The van der Waals surface area contributed by atoms with E-state index < -0.39 is 0 Å². The lowest BCUT2D eigenvalue weighted by Crippen LogP contribution is -2.16. The van der Waals surface area contributed by atoms with Gasteiger partial charge in [0.2, 0.25) is 5.91 Å². The van der Waals surface area contributed by atoms with Gasteiger partial charge in [-0.1, -0.05) is 12.1 Å². The number of ether oxygens (including phenoxy) is 1. The van der Waals surface area contributed by atoms with E-state index in [0.29, 0.717) is 6.42 Å². The van der Waals surface area contributed by atoms with E-state index in [2.05, 4.69) is 10.3 Å². The van der Waals surface area contributed by atoms with E-state index in [9.17, 15) is 4.79 Å². The summed E-state index contributed by atoms with van der Waals surface area (Å²) in [6.45, 7) is 7.81. The maximum absolute atomic E-state index is 12.3. The Morgan fingerprint density at radius 3 is 2.50 bits per heavy atom. The van der Waals surface area contributed by atoms with E-state index in [1.165, 1.54) is 0 Å². The Balaban J connectivity index is 2.14. The molecule has 2 rings (SSSR count). The fourth-order valence-electron chi connectivity index (χ4n) is 2.56. The summed E-state index contributed by atoms with van der Waals surface area (Å²) in [5, 5.41) is 2.96. The van der Waals surface area contributed by atoms with Crippen molar-refractivity contribution in [3.8, 4) is 5.75 Å². The van der Waals surface area contributed by atoms with E-state index in [1.807, 2.05) is 52.0 Å². The number of rotatable bonds is 4. The molecule has 0 aliphatic heterocycles. The number of anilines is 1. The summed E-state index contributed by atoms with van der Waals surface area (Å²) in [5.41, 5.74) is 5.61. The SMILES string of the molecule is COc1cc(CC(=O)Nc2c(C)cc(C)nc2C)ccc1C. The Kier molecular flexibility index (Phi) is 4.81. The van der Waals surface area contributed by atoms with Crippen LogP contribution in [0.25, 0.3) is 0 Å². The van der Waals surface area contributed by atoms with Crippen LogP contribution in [0.5, 0.6) is 5.75 Å². The van der Waals surface area contributed by atoms with Crippen LogP contribution in [-0.2, 0) is 11.2 Å². The molecule has 0 atom stereocenters. The van der Waals surface area contributed by atoms with Crippen LogP contribution < -0.4 is 10.1 Å². The highest BCUT2D eigenvalue weighted by atomic mass is 16.5. The monoisotopic (exact) mass is 298 g/mol. The third-order valence-electron chi connectivity index (χ3n) is 3.63. The third-order valence-corrected chi connectivity index (χ3v) is 3.63. The lowest BCUT2D eigenvalue weighted by molar-refractivity contribution is -0.115. The van der Waals surface area contributed by atoms with Crippen molar-refractivity contribution in [3.05, 3.63) is 52.3 Å². The van der Waals surface area contributed by atoms with Crippen molar-refractivity contribution in [3.63, 3.8) is 0 Å². The van der Waals surface area contributed by atoms with E-state index in [0.717, 1.165) is 39.5 Å². The predicted molar refractivity (Wildman–Crippen MR) is 88.5 cm³/mol. The highest BCUT2D eigenvalue weighted by molar-refractivity contribution is 5.93. The van der Waals surface area contributed by atoms with E-state index in [1.54, 1.807) is 7.11 Å². The molecule has 1 amide bonds. The molecule has 0 saturated carbocycles. The number of carbonyl (C=O) groups excluding carboxylic acids is 1. The molecule has 0 spiro atoms. The molecule has 1 aromatic heterocycles. The molecule has 1 heterocycles. The molecule has 0 unspecified atom stereocenters. The number of hydrogen-bond acceptors (Lipinski definition) is 3. The van der Waals surface area contributed by atoms with Crippen molar-refractivity contribution in [2.75, 3.05) is 12.4 Å². The van der Waals surface area contributed by atoms with Gasteiger partial charge in [-0.2, -0.15) is 0 Å². The minimum absolute atomic E-state index is 0.0530. The lowest BCUT2D eigenvalue weighted by atomic mass is 10.1. The van der Waals surface area contributed by atoms with Gasteiger partial charge >= 0.3 is 0 Å². The number of nitrogens with zero attached hydrogens (tertiary/aromatic N) is 1. The smallest absolute Gasteiger partial charge is 0.228 e. The molecule has 0 bridgehead atoms. The number of carbonyl (C=O) groups is 1. The van der Waals surface area contributed by atoms with Gasteiger partial charge in [0.05, 0.1) is 24.9 Å². The van der Waals surface area contributed by atoms with Gasteiger partial charge in [0.15, 0.2) is 0 Å². The molecule has 0 aliphatic rings. The molecule has 116 valence electrons. The Morgan fingerprint density at radius 2 is 1.86 bits per heavy atom. The van der Waals surface area contributed by atoms with Gasteiger partial charge in [0, 0.05) is 5.69 Å². The minimum atomic E-state index is -0.0530. The first-order chi connectivity index (χ1) is 10.4. The van der Waals surface area contributed by atoms with Crippen LogP contribution in [0.4, 0.5) is 5.69 Å². The quantitative estimate of drug-likeness (QED) is 0.940. The van der Waals surface area contributed by atoms with E-state index in [4.69, 9.17) is 4.74 Å². The second-order valence-corrected chi connectivity index (χ2v) is 5.57. The molecule has 0 radical (unpaired) electrons. The van der Waals surface area contributed by atoms with E-state index >= 15 is 0 Å². The second kappa shape index (κ2) is 6.60. The van der Waals surface area contributed by atoms with Gasteiger partial charge < -0.3 is 10.1 Å². The van der Waals surface area contributed by atoms with Crippen molar-refractivity contribution < 1.29 is 9.53 Å². The van der Waals surface area contributed by atoms with Gasteiger partial charge in [-0.3, -0.25) is 9.78 Å². The van der Waals surface area contributed by atoms with Crippen molar-refractivity contribution in [2.45, 2.75) is 34.1 Å². The average Bonchev–Trinajstić information content (AvgIpc) is 2.45. The highest BCUT2D eigenvalue weighted by Gasteiger charge is 2.11. The van der Waals surface area contributed by atoms with Gasteiger partial charge in [-0.15, -0.1) is 0 Å². The number of hydrogen-bond donors (Lipinski definition) is 1. The van der Waals surface area contributed by atoms with Crippen LogP contribution in [-0.4, -0.2) is 18.0 Å². The molecule has 22 heavy (non-hydrogen) atoms. The molecule has 0 aliphatic carbocycles. The van der Waals surface area contributed by atoms with Crippen LogP contribution in [0.3, 0.4) is 0 Å². The zero-order valence-corrected chi connectivity index (χ0v) is 13.8. The number of methoxy groups -OCH3 is 1. The number of aromatic nitrogens is 1. The summed E-state index contributed by atoms with van der Waals surface area (Å²) in [5.74, 6) is 0.748. The standard InChI is InChI=1S/C18H22N2O2/c1-11-6-7-15(9-16(11)22-5)10-17(21)20-18-12(2)8-13(3)19-14(18)4/h6-9H,10H2,1-5H3,(H,20,21). The van der Waals surface area contributed by atoms with Crippen LogP contribution in [0.15, 0.2) is 24.3 Å². The normalized spacial score (nSPS) is 10.4. The largest absolute Gasteiger partial charge is 0.496 e. The molecule has 4 nitrogen and oxygen atoms in total. The Labute approximate surface area is 131 Å². The minimum Gasteiger partial charge on any atom is -0.496 e. The lowest BCUT2D eigenvalue weighted by Gasteiger charge is -2.12. The van der Waals surface area contributed by atoms with Crippen LogP contribution in [0.2, 0.25) is 0 Å². The fourth-order valence-corrected chi connectivity index (χ4v) is 2.56. The van der Waals surface area contributed by atoms with Crippen molar-refractivity contribution in [1.29, 1.82) is 0 Å². The van der Waals surface area contributed by atoms with Gasteiger partial charge in [0.25, 0.3) is 0 Å². The molecular weight excluding hydrogens is 276 g/mol.